The Morgan fingerprint density at radius 3 is 2.65 bits per heavy atom. The Morgan fingerprint density at radius 1 is 1.27 bits per heavy atom. The third-order valence-corrected chi connectivity index (χ3v) is 4.35. The zero-order valence-electron chi connectivity index (χ0n) is 15.0. The van der Waals surface area contributed by atoms with Gasteiger partial charge in [-0.1, -0.05) is 11.8 Å². The van der Waals surface area contributed by atoms with E-state index in [-0.39, 0.29) is 18.2 Å². The Morgan fingerprint density at radius 2 is 2.00 bits per heavy atom. The number of methoxy groups -OCH3 is 2. The Balaban J connectivity index is 1.98. The number of amides is 1. The van der Waals surface area contributed by atoms with Crippen molar-refractivity contribution < 1.29 is 23.8 Å². The van der Waals surface area contributed by atoms with Crippen LogP contribution in [0.4, 0.5) is 5.69 Å². The largest absolute Gasteiger partial charge is 0.493 e. The van der Waals surface area contributed by atoms with Gasteiger partial charge in [-0.05, 0) is 26.0 Å². The number of H-pyrrole nitrogens is 1. The highest BCUT2D eigenvalue weighted by atomic mass is 32.2. The van der Waals surface area contributed by atoms with Crippen molar-refractivity contribution in [2.75, 3.05) is 26.1 Å². The molecular weight excluding hydrogens is 358 g/mol. The third kappa shape index (κ3) is 4.92. The molecule has 1 atom stereocenters. The van der Waals surface area contributed by atoms with Crippen LogP contribution in [0.2, 0.25) is 0 Å². The van der Waals surface area contributed by atoms with Crippen molar-refractivity contribution in [3.8, 4) is 11.5 Å². The highest BCUT2D eigenvalue weighted by Gasteiger charge is 2.18. The molecular formula is C17H21N3O5S. The molecule has 0 radical (unpaired) electrons. The number of benzene rings is 1. The van der Waals surface area contributed by atoms with Crippen LogP contribution in [-0.2, 0) is 9.53 Å². The number of hydrogen-bond acceptors (Lipinski definition) is 7. The number of carbonyl (C=O) groups excluding carboxylic acids is 2. The van der Waals surface area contributed by atoms with Crippen molar-refractivity contribution in [1.82, 2.24) is 9.97 Å². The molecule has 0 fully saturated rings. The van der Waals surface area contributed by atoms with Gasteiger partial charge in [-0.2, -0.15) is 0 Å². The Hall–Kier alpha value is -2.68. The summed E-state index contributed by atoms with van der Waals surface area (Å²) in [7, 11) is 3.07. The molecule has 26 heavy (non-hydrogen) atoms. The van der Waals surface area contributed by atoms with Crippen LogP contribution in [0.25, 0.3) is 0 Å². The fourth-order valence-electron chi connectivity index (χ4n) is 2.05. The van der Waals surface area contributed by atoms with Crippen LogP contribution in [0.5, 0.6) is 11.5 Å². The summed E-state index contributed by atoms with van der Waals surface area (Å²) in [6.07, 6.45) is 1.39. The average Bonchev–Trinajstić information content (AvgIpc) is 3.10. The summed E-state index contributed by atoms with van der Waals surface area (Å²) in [6.45, 7) is 3.75. The molecule has 2 rings (SSSR count). The number of imidazole rings is 1. The topological polar surface area (TPSA) is 103 Å². The number of nitrogens with zero attached hydrogens (tertiary/aromatic N) is 1. The van der Waals surface area contributed by atoms with E-state index in [1.165, 1.54) is 25.1 Å². The lowest BCUT2D eigenvalue weighted by Crippen LogP contribution is -2.22. The van der Waals surface area contributed by atoms with E-state index >= 15 is 0 Å². The van der Waals surface area contributed by atoms with E-state index in [9.17, 15) is 9.59 Å². The maximum absolute atomic E-state index is 12.4. The lowest BCUT2D eigenvalue weighted by molar-refractivity contribution is -0.115. The predicted octanol–water partition coefficient (Wildman–Crippen LogP) is 2.72. The zero-order chi connectivity index (χ0) is 19.1. The number of thioether (sulfide) groups is 1. The van der Waals surface area contributed by atoms with Crippen LogP contribution >= 0.6 is 11.8 Å². The second-order valence-corrected chi connectivity index (χ2v) is 6.47. The number of anilines is 1. The highest BCUT2D eigenvalue weighted by Crippen LogP contribution is 2.30. The van der Waals surface area contributed by atoms with Gasteiger partial charge in [0.2, 0.25) is 5.91 Å². The number of rotatable bonds is 8. The zero-order valence-corrected chi connectivity index (χ0v) is 15.8. The van der Waals surface area contributed by atoms with Crippen LogP contribution in [-0.4, -0.2) is 47.9 Å². The van der Waals surface area contributed by atoms with Gasteiger partial charge in [0, 0.05) is 11.8 Å². The van der Waals surface area contributed by atoms with Gasteiger partial charge in [0.05, 0.1) is 32.3 Å². The van der Waals surface area contributed by atoms with Gasteiger partial charge in [-0.15, -0.1) is 0 Å². The van der Waals surface area contributed by atoms with E-state index < -0.39 is 11.2 Å². The number of nitrogens with one attached hydrogen (secondary N) is 2. The molecule has 1 aromatic heterocycles. The fourth-order valence-corrected chi connectivity index (χ4v) is 2.84. The van der Waals surface area contributed by atoms with Gasteiger partial charge >= 0.3 is 5.97 Å². The minimum absolute atomic E-state index is 0.212. The Labute approximate surface area is 155 Å². The first-order valence-corrected chi connectivity index (χ1v) is 8.78. The average molecular weight is 379 g/mol. The Bertz CT molecular complexity index is 778. The van der Waals surface area contributed by atoms with Crippen LogP contribution < -0.4 is 14.8 Å². The van der Waals surface area contributed by atoms with Crippen molar-refractivity contribution in [1.29, 1.82) is 0 Å². The molecule has 0 bridgehead atoms. The second-order valence-electron chi connectivity index (χ2n) is 5.14. The number of esters is 1. The monoisotopic (exact) mass is 379 g/mol. The number of aromatic amines is 1. The van der Waals surface area contributed by atoms with E-state index in [0.29, 0.717) is 22.3 Å². The van der Waals surface area contributed by atoms with Crippen LogP contribution in [0.15, 0.2) is 29.6 Å². The van der Waals surface area contributed by atoms with Crippen molar-refractivity contribution in [3.63, 3.8) is 0 Å². The number of hydrogen-bond donors (Lipinski definition) is 2. The van der Waals surface area contributed by atoms with Crippen LogP contribution in [0, 0.1) is 0 Å². The third-order valence-electron chi connectivity index (χ3n) is 3.36. The molecule has 0 spiro atoms. The molecule has 1 aromatic carbocycles. The molecule has 0 aliphatic rings. The number of aromatic nitrogens is 2. The maximum atomic E-state index is 12.4. The minimum Gasteiger partial charge on any atom is -0.493 e. The summed E-state index contributed by atoms with van der Waals surface area (Å²) in [5.41, 5.74) is 0.841. The van der Waals surface area contributed by atoms with Gasteiger partial charge < -0.3 is 24.5 Å². The van der Waals surface area contributed by atoms with E-state index in [1.807, 2.05) is 0 Å². The lowest BCUT2D eigenvalue weighted by Gasteiger charge is -2.13. The second kappa shape index (κ2) is 9.14. The Kier molecular flexibility index (Phi) is 6.90. The minimum atomic E-state index is -0.478. The molecule has 1 amide bonds. The van der Waals surface area contributed by atoms with Crippen molar-refractivity contribution in [2.45, 2.75) is 24.3 Å². The van der Waals surface area contributed by atoms with E-state index in [4.69, 9.17) is 14.2 Å². The van der Waals surface area contributed by atoms with Gasteiger partial charge in [-0.3, -0.25) is 4.79 Å². The van der Waals surface area contributed by atoms with Crippen molar-refractivity contribution >= 4 is 29.3 Å². The first-order chi connectivity index (χ1) is 12.5. The van der Waals surface area contributed by atoms with Gasteiger partial charge in [0.25, 0.3) is 0 Å². The fraction of sp³-hybridized carbons (Fsp3) is 0.353. The standard InChI is InChI=1S/C17H21N3O5S/c1-5-25-16(22)12-9-18-17(20-12)26-10(2)15(21)19-11-6-7-13(23-3)14(8-11)24-4/h6-10H,5H2,1-4H3,(H,18,20)(H,19,21). The first kappa shape index (κ1) is 19.6. The van der Waals surface area contributed by atoms with Crippen LogP contribution in [0.3, 0.4) is 0 Å². The smallest absolute Gasteiger partial charge is 0.356 e. The molecule has 1 heterocycles. The highest BCUT2D eigenvalue weighted by molar-refractivity contribution is 8.00. The van der Waals surface area contributed by atoms with Crippen LogP contribution in [0.1, 0.15) is 24.3 Å². The first-order valence-electron chi connectivity index (χ1n) is 7.90. The summed E-state index contributed by atoms with van der Waals surface area (Å²) in [5, 5.41) is 2.83. The normalized spacial score (nSPS) is 11.5. The van der Waals surface area contributed by atoms with Crippen molar-refractivity contribution in [3.05, 3.63) is 30.1 Å². The molecule has 140 valence electrons. The molecule has 0 aliphatic heterocycles. The molecule has 9 heteroatoms. The maximum Gasteiger partial charge on any atom is 0.356 e. The molecule has 2 aromatic rings. The summed E-state index contributed by atoms with van der Waals surface area (Å²) >= 11 is 1.20. The molecule has 8 nitrogen and oxygen atoms in total. The molecule has 0 aliphatic carbocycles. The van der Waals surface area contributed by atoms with E-state index in [1.54, 1.807) is 39.2 Å². The van der Waals surface area contributed by atoms with Crippen molar-refractivity contribution in [2.24, 2.45) is 0 Å². The predicted molar refractivity (Wildman–Crippen MR) is 98.0 cm³/mol. The molecule has 1 unspecified atom stereocenters. The quantitative estimate of drug-likeness (QED) is 0.537. The lowest BCUT2D eigenvalue weighted by atomic mass is 10.2. The molecule has 0 saturated heterocycles. The summed E-state index contributed by atoms with van der Waals surface area (Å²) in [5.74, 6) is 0.413. The number of carbonyl (C=O) groups is 2. The number of ether oxygens (including phenoxy) is 3. The van der Waals surface area contributed by atoms with Gasteiger partial charge in [0.15, 0.2) is 16.7 Å². The summed E-state index contributed by atoms with van der Waals surface area (Å²) < 4.78 is 15.3. The molecule has 2 N–H and O–H groups in total. The summed E-state index contributed by atoms with van der Waals surface area (Å²) in [6, 6.07) is 5.12. The SMILES string of the molecule is CCOC(=O)c1cnc(SC(C)C(=O)Nc2ccc(OC)c(OC)c2)[nH]1. The van der Waals surface area contributed by atoms with Gasteiger partial charge in [0.1, 0.15) is 5.69 Å². The van der Waals surface area contributed by atoms with E-state index in [2.05, 4.69) is 15.3 Å². The molecule has 0 saturated carbocycles. The van der Waals surface area contributed by atoms with Gasteiger partial charge in [-0.25, -0.2) is 9.78 Å². The summed E-state index contributed by atoms with van der Waals surface area (Å²) in [4.78, 5) is 30.9. The van der Waals surface area contributed by atoms with E-state index in [0.717, 1.165) is 0 Å².